The van der Waals surface area contributed by atoms with Crippen molar-refractivity contribution in [2.45, 2.75) is 39.0 Å². The minimum atomic E-state index is 0.238. The SMILES string of the molecule is CC(C)c1ccn(-c2nc(N)nc(N3CCCCC3)n2)n1. The topological polar surface area (TPSA) is 85.8 Å². The number of rotatable bonds is 3. The summed E-state index contributed by atoms with van der Waals surface area (Å²) in [6.07, 6.45) is 5.46. The third-order valence-electron chi connectivity index (χ3n) is 3.67. The number of aromatic nitrogens is 5. The fraction of sp³-hybridized carbons (Fsp3) is 0.571. The monoisotopic (exact) mass is 287 g/mol. The first-order chi connectivity index (χ1) is 10.1. The maximum atomic E-state index is 5.84. The zero-order valence-electron chi connectivity index (χ0n) is 12.5. The second-order valence-electron chi connectivity index (χ2n) is 5.68. The number of nitrogen functional groups attached to an aromatic ring is 1. The molecule has 0 saturated carbocycles. The molecule has 2 aromatic rings. The molecule has 1 saturated heterocycles. The number of hydrogen-bond donors (Lipinski definition) is 1. The first kappa shape index (κ1) is 13.8. The van der Waals surface area contributed by atoms with Crippen LogP contribution in [0.25, 0.3) is 5.95 Å². The van der Waals surface area contributed by atoms with Crippen molar-refractivity contribution >= 4 is 11.9 Å². The highest BCUT2D eigenvalue weighted by molar-refractivity contribution is 5.38. The Morgan fingerprint density at radius 2 is 1.76 bits per heavy atom. The van der Waals surface area contributed by atoms with Crippen LogP contribution in [-0.2, 0) is 0 Å². The standard InChI is InChI=1S/C14H21N7/c1-10(2)11-6-9-21(19-11)14-17-12(15)16-13(18-14)20-7-4-3-5-8-20/h6,9-10H,3-5,7-8H2,1-2H3,(H2,15,16,17,18). The minimum Gasteiger partial charge on any atom is -0.368 e. The predicted octanol–water partition coefficient (Wildman–Crippen LogP) is 1.75. The van der Waals surface area contributed by atoms with Crippen molar-refractivity contribution in [3.05, 3.63) is 18.0 Å². The van der Waals surface area contributed by atoms with Gasteiger partial charge in [-0.1, -0.05) is 13.8 Å². The summed E-state index contributed by atoms with van der Waals surface area (Å²) in [6.45, 7) is 6.15. The molecule has 21 heavy (non-hydrogen) atoms. The summed E-state index contributed by atoms with van der Waals surface area (Å²) in [5.74, 6) is 1.74. The van der Waals surface area contributed by atoms with E-state index in [-0.39, 0.29) is 5.95 Å². The van der Waals surface area contributed by atoms with Crippen LogP contribution in [0.4, 0.5) is 11.9 Å². The highest BCUT2D eigenvalue weighted by Crippen LogP contribution is 2.18. The van der Waals surface area contributed by atoms with Crippen molar-refractivity contribution in [2.24, 2.45) is 0 Å². The molecule has 0 aromatic carbocycles. The molecule has 1 fully saturated rings. The van der Waals surface area contributed by atoms with Crippen molar-refractivity contribution in [3.8, 4) is 5.95 Å². The lowest BCUT2D eigenvalue weighted by Crippen LogP contribution is -2.31. The molecule has 0 amide bonds. The fourth-order valence-corrected chi connectivity index (χ4v) is 2.46. The van der Waals surface area contributed by atoms with Gasteiger partial charge in [-0.25, -0.2) is 4.68 Å². The molecule has 7 nitrogen and oxygen atoms in total. The lowest BCUT2D eigenvalue weighted by molar-refractivity contribution is 0.566. The molecule has 7 heteroatoms. The minimum absolute atomic E-state index is 0.238. The maximum Gasteiger partial charge on any atom is 0.257 e. The van der Waals surface area contributed by atoms with Gasteiger partial charge in [0.2, 0.25) is 11.9 Å². The van der Waals surface area contributed by atoms with Crippen molar-refractivity contribution in [2.75, 3.05) is 23.7 Å². The predicted molar refractivity (Wildman–Crippen MR) is 81.5 cm³/mol. The molecule has 0 atom stereocenters. The second-order valence-corrected chi connectivity index (χ2v) is 5.68. The number of anilines is 2. The average molecular weight is 287 g/mol. The van der Waals surface area contributed by atoms with E-state index in [0.717, 1.165) is 18.8 Å². The van der Waals surface area contributed by atoms with Gasteiger partial charge in [-0.3, -0.25) is 0 Å². The summed E-state index contributed by atoms with van der Waals surface area (Å²) in [7, 11) is 0. The van der Waals surface area contributed by atoms with E-state index in [0.29, 0.717) is 17.8 Å². The number of nitrogens with zero attached hydrogens (tertiary/aromatic N) is 6. The van der Waals surface area contributed by atoms with E-state index in [4.69, 9.17) is 5.73 Å². The summed E-state index contributed by atoms with van der Waals surface area (Å²) in [4.78, 5) is 15.2. The second kappa shape index (κ2) is 5.67. The van der Waals surface area contributed by atoms with E-state index in [2.05, 4.69) is 38.8 Å². The lowest BCUT2D eigenvalue weighted by atomic mass is 10.1. The number of piperidine rings is 1. The highest BCUT2D eigenvalue weighted by atomic mass is 15.4. The molecule has 112 valence electrons. The first-order valence-electron chi connectivity index (χ1n) is 7.46. The Hall–Kier alpha value is -2.18. The Balaban J connectivity index is 1.92. The largest absolute Gasteiger partial charge is 0.368 e. The molecular formula is C14H21N7. The number of nitrogens with two attached hydrogens (primary N) is 1. The average Bonchev–Trinajstić information content (AvgIpc) is 2.98. The summed E-state index contributed by atoms with van der Waals surface area (Å²) in [5.41, 5.74) is 6.85. The summed E-state index contributed by atoms with van der Waals surface area (Å²) < 4.78 is 1.67. The van der Waals surface area contributed by atoms with E-state index in [1.54, 1.807) is 4.68 Å². The molecule has 0 radical (unpaired) electrons. The molecule has 0 aliphatic carbocycles. The summed E-state index contributed by atoms with van der Waals surface area (Å²) in [5, 5.41) is 4.50. The zero-order chi connectivity index (χ0) is 14.8. The molecule has 0 unspecified atom stereocenters. The van der Waals surface area contributed by atoms with Crippen LogP contribution >= 0.6 is 0 Å². The molecular weight excluding hydrogens is 266 g/mol. The molecule has 0 bridgehead atoms. The van der Waals surface area contributed by atoms with Crippen molar-refractivity contribution in [3.63, 3.8) is 0 Å². The highest BCUT2D eigenvalue weighted by Gasteiger charge is 2.16. The molecule has 0 spiro atoms. The molecule has 2 N–H and O–H groups in total. The Bertz CT molecular complexity index is 614. The summed E-state index contributed by atoms with van der Waals surface area (Å²) >= 11 is 0. The molecule has 2 aromatic heterocycles. The van der Waals surface area contributed by atoms with Gasteiger partial charge in [0.1, 0.15) is 0 Å². The van der Waals surface area contributed by atoms with E-state index < -0.39 is 0 Å². The van der Waals surface area contributed by atoms with Gasteiger partial charge in [-0.15, -0.1) is 0 Å². The van der Waals surface area contributed by atoms with Crippen LogP contribution in [0.3, 0.4) is 0 Å². The van der Waals surface area contributed by atoms with Crippen LogP contribution in [0.5, 0.6) is 0 Å². The van der Waals surface area contributed by atoms with Crippen LogP contribution < -0.4 is 10.6 Å². The van der Waals surface area contributed by atoms with Crippen molar-refractivity contribution in [1.29, 1.82) is 0 Å². The number of hydrogen-bond acceptors (Lipinski definition) is 6. The van der Waals surface area contributed by atoms with Crippen molar-refractivity contribution < 1.29 is 0 Å². The van der Waals surface area contributed by atoms with Crippen LogP contribution in [0, 0.1) is 0 Å². The van der Waals surface area contributed by atoms with Gasteiger partial charge >= 0.3 is 0 Å². The van der Waals surface area contributed by atoms with Crippen LogP contribution in [0.2, 0.25) is 0 Å². The maximum absolute atomic E-state index is 5.84. The van der Waals surface area contributed by atoms with Gasteiger partial charge in [0.05, 0.1) is 5.69 Å². The molecule has 1 aliphatic heterocycles. The van der Waals surface area contributed by atoms with Crippen molar-refractivity contribution in [1.82, 2.24) is 24.7 Å². The van der Waals surface area contributed by atoms with Gasteiger partial charge in [0.15, 0.2) is 0 Å². The lowest BCUT2D eigenvalue weighted by Gasteiger charge is -2.26. The van der Waals surface area contributed by atoms with E-state index in [1.807, 2.05) is 12.3 Å². The van der Waals surface area contributed by atoms with Gasteiger partial charge in [0, 0.05) is 19.3 Å². The fourth-order valence-electron chi connectivity index (χ4n) is 2.46. The normalized spacial score (nSPS) is 15.7. The van der Waals surface area contributed by atoms with E-state index in [9.17, 15) is 0 Å². The van der Waals surface area contributed by atoms with Gasteiger partial charge in [-0.05, 0) is 31.2 Å². The van der Waals surface area contributed by atoms with E-state index >= 15 is 0 Å². The molecule has 3 heterocycles. The van der Waals surface area contributed by atoms with Gasteiger partial charge in [0.25, 0.3) is 5.95 Å². The Morgan fingerprint density at radius 1 is 1.05 bits per heavy atom. The Kier molecular flexibility index (Phi) is 3.72. The Morgan fingerprint density at radius 3 is 2.43 bits per heavy atom. The smallest absolute Gasteiger partial charge is 0.257 e. The molecule has 3 rings (SSSR count). The third-order valence-corrected chi connectivity index (χ3v) is 3.67. The van der Waals surface area contributed by atoms with Gasteiger partial charge < -0.3 is 10.6 Å². The third kappa shape index (κ3) is 2.96. The molecule has 1 aliphatic rings. The van der Waals surface area contributed by atoms with Crippen LogP contribution in [0.15, 0.2) is 12.3 Å². The Labute approximate surface area is 124 Å². The van der Waals surface area contributed by atoms with Gasteiger partial charge in [-0.2, -0.15) is 20.1 Å². The van der Waals surface area contributed by atoms with Crippen LogP contribution in [-0.4, -0.2) is 37.8 Å². The zero-order valence-corrected chi connectivity index (χ0v) is 12.5. The quantitative estimate of drug-likeness (QED) is 0.925. The van der Waals surface area contributed by atoms with Crippen LogP contribution in [0.1, 0.15) is 44.7 Å². The van der Waals surface area contributed by atoms with E-state index in [1.165, 1.54) is 19.3 Å². The first-order valence-corrected chi connectivity index (χ1v) is 7.46. The summed E-state index contributed by atoms with van der Waals surface area (Å²) in [6, 6.07) is 1.98.